The molecule has 0 bridgehead atoms. The van der Waals surface area contributed by atoms with Gasteiger partial charge in [0.1, 0.15) is 0 Å². The van der Waals surface area contributed by atoms with Crippen LogP contribution in [0.25, 0.3) is 0 Å². The highest BCUT2D eigenvalue weighted by atomic mass is 16.5. The van der Waals surface area contributed by atoms with E-state index in [1.807, 2.05) is 18.7 Å². The van der Waals surface area contributed by atoms with Crippen molar-refractivity contribution in [3.63, 3.8) is 0 Å². The normalized spacial score (nSPS) is 10.8. The molecule has 1 rings (SSSR count). The number of hydrogen-bond acceptors (Lipinski definition) is 6. The van der Waals surface area contributed by atoms with Gasteiger partial charge in [0.05, 0.1) is 20.2 Å². The van der Waals surface area contributed by atoms with Gasteiger partial charge in [-0.15, -0.1) is 0 Å². The summed E-state index contributed by atoms with van der Waals surface area (Å²) < 4.78 is 9.59. The fourth-order valence-corrected chi connectivity index (χ4v) is 1.22. The Morgan fingerprint density at radius 3 is 2.75 bits per heavy atom. The molecule has 0 saturated carbocycles. The van der Waals surface area contributed by atoms with Crippen molar-refractivity contribution in [2.75, 3.05) is 20.2 Å². The van der Waals surface area contributed by atoms with Crippen molar-refractivity contribution in [2.45, 2.75) is 26.8 Å². The summed E-state index contributed by atoms with van der Waals surface area (Å²) in [5.41, 5.74) is 0. The van der Waals surface area contributed by atoms with Crippen LogP contribution in [0.5, 0.6) is 0 Å². The van der Waals surface area contributed by atoms with Gasteiger partial charge < -0.3 is 9.26 Å². The Balaban J connectivity index is 2.52. The maximum atomic E-state index is 11.1. The monoisotopic (exact) mass is 227 g/mol. The smallest absolute Gasteiger partial charge is 0.319 e. The van der Waals surface area contributed by atoms with Crippen LogP contribution in [0.3, 0.4) is 0 Å². The van der Waals surface area contributed by atoms with Crippen LogP contribution >= 0.6 is 0 Å². The summed E-state index contributed by atoms with van der Waals surface area (Å²) in [6.07, 6.45) is 0.718. The van der Waals surface area contributed by atoms with Crippen molar-refractivity contribution in [1.82, 2.24) is 15.0 Å². The second kappa shape index (κ2) is 6.22. The summed E-state index contributed by atoms with van der Waals surface area (Å²) in [4.78, 5) is 17.2. The average molecular weight is 227 g/mol. The van der Waals surface area contributed by atoms with Crippen molar-refractivity contribution >= 4 is 5.97 Å². The Kier molecular flexibility index (Phi) is 4.91. The lowest BCUT2D eigenvalue weighted by atomic mass is 10.4. The predicted molar refractivity (Wildman–Crippen MR) is 56.6 cm³/mol. The molecule has 1 heterocycles. The molecule has 0 saturated heterocycles. The first-order valence-corrected chi connectivity index (χ1v) is 5.30. The molecule has 1 aromatic rings. The molecule has 6 nitrogen and oxygen atoms in total. The third-order valence-corrected chi connectivity index (χ3v) is 2.21. The second-order valence-corrected chi connectivity index (χ2v) is 3.34. The highest BCUT2D eigenvalue weighted by Crippen LogP contribution is 2.02. The second-order valence-electron chi connectivity index (χ2n) is 3.34. The first-order chi connectivity index (χ1) is 7.69. The van der Waals surface area contributed by atoms with E-state index < -0.39 is 0 Å². The fraction of sp³-hybridized carbons (Fsp3) is 0.700. The van der Waals surface area contributed by atoms with Crippen LogP contribution in [-0.2, 0) is 22.5 Å². The number of esters is 1. The van der Waals surface area contributed by atoms with Gasteiger partial charge in [0.2, 0.25) is 5.89 Å². The van der Waals surface area contributed by atoms with Crippen LogP contribution < -0.4 is 0 Å². The van der Waals surface area contributed by atoms with Crippen molar-refractivity contribution < 1.29 is 14.1 Å². The molecule has 0 unspecified atom stereocenters. The van der Waals surface area contributed by atoms with Crippen LogP contribution in [0, 0.1) is 0 Å². The van der Waals surface area contributed by atoms with Gasteiger partial charge in [0, 0.05) is 6.42 Å². The first-order valence-electron chi connectivity index (χ1n) is 5.30. The number of aryl methyl sites for hydroxylation is 1. The van der Waals surface area contributed by atoms with E-state index in [0.29, 0.717) is 18.3 Å². The van der Waals surface area contributed by atoms with E-state index >= 15 is 0 Å². The van der Waals surface area contributed by atoms with Crippen LogP contribution in [0.1, 0.15) is 25.6 Å². The lowest BCUT2D eigenvalue weighted by Crippen LogP contribution is -2.30. The molecule has 0 aliphatic rings. The van der Waals surface area contributed by atoms with Gasteiger partial charge >= 0.3 is 5.97 Å². The summed E-state index contributed by atoms with van der Waals surface area (Å²) in [5, 5.41) is 3.83. The molecule has 16 heavy (non-hydrogen) atoms. The van der Waals surface area contributed by atoms with Crippen LogP contribution in [0.15, 0.2) is 4.52 Å². The van der Waals surface area contributed by atoms with Crippen molar-refractivity contribution in [3.8, 4) is 0 Å². The van der Waals surface area contributed by atoms with E-state index in [1.54, 1.807) is 0 Å². The van der Waals surface area contributed by atoms with Gasteiger partial charge in [-0.25, -0.2) is 0 Å². The Morgan fingerprint density at radius 2 is 2.25 bits per heavy atom. The lowest BCUT2D eigenvalue weighted by Gasteiger charge is -2.16. The summed E-state index contributed by atoms with van der Waals surface area (Å²) in [7, 11) is 1.37. The minimum absolute atomic E-state index is 0.239. The number of methoxy groups -OCH3 is 1. The molecule has 0 aromatic carbocycles. The number of rotatable bonds is 6. The predicted octanol–water partition coefficient (Wildman–Crippen LogP) is 0.627. The van der Waals surface area contributed by atoms with E-state index in [2.05, 4.69) is 14.9 Å². The molecule has 0 amide bonds. The molecule has 6 heteroatoms. The zero-order chi connectivity index (χ0) is 12.0. The summed E-state index contributed by atoms with van der Waals surface area (Å²) >= 11 is 0. The number of ether oxygens (including phenoxy) is 1. The summed E-state index contributed by atoms with van der Waals surface area (Å²) in [6.45, 7) is 5.37. The molecule has 0 fully saturated rings. The van der Waals surface area contributed by atoms with E-state index in [0.717, 1.165) is 13.0 Å². The number of nitrogens with zero attached hydrogens (tertiary/aromatic N) is 3. The van der Waals surface area contributed by atoms with Crippen molar-refractivity contribution in [2.24, 2.45) is 0 Å². The minimum atomic E-state index is -0.263. The van der Waals surface area contributed by atoms with Gasteiger partial charge in [0.15, 0.2) is 5.82 Å². The molecular formula is C10H17N3O3. The third kappa shape index (κ3) is 3.62. The minimum Gasteiger partial charge on any atom is -0.468 e. The molecule has 90 valence electrons. The molecule has 0 aliphatic heterocycles. The molecule has 0 spiro atoms. The van der Waals surface area contributed by atoms with E-state index in [9.17, 15) is 4.79 Å². The number of carbonyl (C=O) groups is 1. The molecule has 0 N–H and O–H groups in total. The quantitative estimate of drug-likeness (QED) is 0.664. The maximum Gasteiger partial charge on any atom is 0.319 e. The summed E-state index contributed by atoms with van der Waals surface area (Å²) in [5.74, 6) is 0.952. The largest absolute Gasteiger partial charge is 0.468 e. The lowest BCUT2D eigenvalue weighted by molar-refractivity contribution is -0.142. The number of hydrogen-bond donors (Lipinski definition) is 0. The zero-order valence-electron chi connectivity index (χ0n) is 9.89. The Bertz CT molecular complexity index is 338. The van der Waals surface area contributed by atoms with Gasteiger partial charge in [-0.05, 0) is 6.54 Å². The van der Waals surface area contributed by atoms with E-state index in [-0.39, 0.29) is 12.5 Å². The van der Waals surface area contributed by atoms with Gasteiger partial charge in [-0.1, -0.05) is 19.0 Å². The zero-order valence-corrected chi connectivity index (χ0v) is 9.89. The fourth-order valence-electron chi connectivity index (χ4n) is 1.22. The van der Waals surface area contributed by atoms with E-state index in [4.69, 9.17) is 4.52 Å². The molecule has 1 aromatic heterocycles. The Labute approximate surface area is 94.6 Å². The van der Waals surface area contributed by atoms with E-state index in [1.165, 1.54) is 7.11 Å². The topological polar surface area (TPSA) is 68.5 Å². The third-order valence-electron chi connectivity index (χ3n) is 2.21. The number of carbonyl (C=O) groups excluding carboxylic acids is 1. The van der Waals surface area contributed by atoms with Crippen LogP contribution in [0.2, 0.25) is 0 Å². The SMILES string of the molecule is CCc1nc(CN(CC)CC(=O)OC)no1. The van der Waals surface area contributed by atoms with Crippen LogP contribution in [-0.4, -0.2) is 41.2 Å². The molecule has 0 atom stereocenters. The number of likely N-dealkylation sites (N-methyl/N-ethyl adjacent to an activating group) is 1. The Hall–Kier alpha value is -1.43. The molecule has 0 radical (unpaired) electrons. The van der Waals surface area contributed by atoms with Gasteiger partial charge in [-0.2, -0.15) is 4.98 Å². The summed E-state index contributed by atoms with van der Waals surface area (Å²) in [6, 6.07) is 0. The molecular weight excluding hydrogens is 210 g/mol. The Morgan fingerprint density at radius 1 is 1.50 bits per heavy atom. The maximum absolute atomic E-state index is 11.1. The standard InChI is InChI=1S/C10H17N3O3/c1-4-9-11-8(12-16-9)6-13(5-2)7-10(14)15-3/h4-7H2,1-3H3. The van der Waals surface area contributed by atoms with Crippen molar-refractivity contribution in [3.05, 3.63) is 11.7 Å². The average Bonchev–Trinajstić information content (AvgIpc) is 2.75. The van der Waals surface area contributed by atoms with Crippen molar-refractivity contribution in [1.29, 1.82) is 0 Å². The number of aromatic nitrogens is 2. The highest BCUT2D eigenvalue weighted by Gasteiger charge is 2.13. The van der Waals surface area contributed by atoms with Gasteiger partial charge in [0.25, 0.3) is 0 Å². The van der Waals surface area contributed by atoms with Gasteiger partial charge in [-0.3, -0.25) is 9.69 Å². The molecule has 0 aliphatic carbocycles. The first kappa shape index (κ1) is 12.6. The van der Waals surface area contributed by atoms with Crippen LogP contribution in [0.4, 0.5) is 0 Å². The highest BCUT2D eigenvalue weighted by molar-refractivity contribution is 5.71.